The molecule has 1 aliphatic carbocycles. The molecule has 0 heterocycles. The molecule has 2 unspecified atom stereocenters. The molecule has 0 amide bonds. The topological polar surface area (TPSA) is 93.1 Å². The number of carboxylic acid groups (broad SMARTS) is 2. The number of carboxylic acids is 2. The van der Waals surface area contributed by atoms with Crippen molar-refractivity contribution in [2.45, 2.75) is 65.1 Å². The molecular formula is C23H30ClFO6. The van der Waals surface area contributed by atoms with E-state index in [2.05, 4.69) is 0 Å². The molecule has 0 aliphatic heterocycles. The Morgan fingerprint density at radius 2 is 1.74 bits per heavy atom. The van der Waals surface area contributed by atoms with Crippen LogP contribution in [0.5, 0.6) is 0 Å². The number of benzene rings is 1. The van der Waals surface area contributed by atoms with Crippen LogP contribution in [0.3, 0.4) is 0 Å². The van der Waals surface area contributed by atoms with Crippen molar-refractivity contribution in [1.29, 1.82) is 0 Å². The van der Waals surface area contributed by atoms with Gasteiger partial charge in [0.1, 0.15) is 11.2 Å². The maximum Gasteiger partial charge on any atom is 0.314 e. The molecule has 0 spiro atoms. The van der Waals surface area contributed by atoms with Gasteiger partial charge in [0.2, 0.25) is 0 Å². The van der Waals surface area contributed by atoms with Crippen LogP contribution in [-0.4, -0.2) is 41.7 Å². The first kappa shape index (κ1) is 25.3. The molecule has 2 atom stereocenters. The van der Waals surface area contributed by atoms with Gasteiger partial charge >= 0.3 is 11.9 Å². The molecule has 6 nitrogen and oxygen atoms in total. The van der Waals surface area contributed by atoms with Crippen LogP contribution in [0.15, 0.2) is 23.8 Å². The summed E-state index contributed by atoms with van der Waals surface area (Å²) in [5.74, 6) is -3.38. The van der Waals surface area contributed by atoms with Crippen molar-refractivity contribution in [2.24, 2.45) is 5.41 Å². The predicted octanol–water partition coefficient (Wildman–Crippen LogP) is 5.14. The normalized spacial score (nSPS) is 23.8. The Hall–Kier alpha value is -1.96. The minimum Gasteiger partial charge on any atom is -0.481 e. The zero-order chi connectivity index (χ0) is 23.6. The van der Waals surface area contributed by atoms with Gasteiger partial charge in [-0.15, -0.1) is 0 Å². The van der Waals surface area contributed by atoms with E-state index >= 15 is 4.39 Å². The molecule has 2 N–H and O–H groups in total. The summed E-state index contributed by atoms with van der Waals surface area (Å²) in [5.41, 5.74) is -2.52. The molecule has 0 aromatic heterocycles. The predicted molar refractivity (Wildman–Crippen MR) is 115 cm³/mol. The lowest BCUT2D eigenvalue weighted by Crippen LogP contribution is -2.48. The maximum atomic E-state index is 15.2. The Balaban J connectivity index is 2.78. The Kier molecular flexibility index (Phi) is 7.89. The summed E-state index contributed by atoms with van der Waals surface area (Å²) in [6.45, 7) is 9.22. The quantitative estimate of drug-likeness (QED) is 0.395. The summed E-state index contributed by atoms with van der Waals surface area (Å²) in [6.07, 6.45) is 0.0952. The minimum atomic E-state index is -1.83. The average molecular weight is 457 g/mol. The van der Waals surface area contributed by atoms with Gasteiger partial charge in [0.25, 0.3) is 0 Å². The summed E-state index contributed by atoms with van der Waals surface area (Å²) in [5, 5.41) is 20.5. The van der Waals surface area contributed by atoms with E-state index in [9.17, 15) is 19.8 Å². The fraction of sp³-hybridized carbons (Fsp3) is 0.565. The van der Waals surface area contributed by atoms with Crippen LogP contribution in [0.2, 0.25) is 5.02 Å². The van der Waals surface area contributed by atoms with Crippen molar-refractivity contribution in [2.75, 3.05) is 13.2 Å². The van der Waals surface area contributed by atoms with Gasteiger partial charge in [-0.25, -0.2) is 4.39 Å². The van der Waals surface area contributed by atoms with E-state index in [1.165, 1.54) is 19.1 Å². The van der Waals surface area contributed by atoms with Crippen LogP contribution < -0.4 is 0 Å². The van der Waals surface area contributed by atoms with Crippen molar-refractivity contribution in [1.82, 2.24) is 0 Å². The highest BCUT2D eigenvalue weighted by Gasteiger charge is 2.54. The van der Waals surface area contributed by atoms with E-state index in [1.807, 2.05) is 13.8 Å². The van der Waals surface area contributed by atoms with E-state index in [-0.39, 0.29) is 42.6 Å². The van der Waals surface area contributed by atoms with Gasteiger partial charge in [-0.05, 0) is 62.8 Å². The van der Waals surface area contributed by atoms with Crippen LogP contribution >= 0.6 is 11.6 Å². The average Bonchev–Trinajstić information content (AvgIpc) is 2.66. The number of rotatable bonds is 9. The summed E-state index contributed by atoms with van der Waals surface area (Å²) >= 11 is 6.20. The second-order valence-corrected chi connectivity index (χ2v) is 8.84. The molecule has 0 saturated carbocycles. The smallest absolute Gasteiger partial charge is 0.314 e. The van der Waals surface area contributed by atoms with E-state index in [4.69, 9.17) is 21.1 Å². The number of aliphatic carboxylic acids is 2. The standard InChI is InChI=1S/C23H30ClFO6/c1-6-30-19(31-7-2)14-10-22(5,20(26)27)12-23(11-14,21(28)29)16-8-15(13(3)4)17(24)9-18(16)25/h8-10,13,19H,6-7,11-12H2,1-5H3,(H,26,27)(H,28,29). The summed E-state index contributed by atoms with van der Waals surface area (Å²) in [4.78, 5) is 24.9. The summed E-state index contributed by atoms with van der Waals surface area (Å²) in [6, 6.07) is 2.56. The van der Waals surface area contributed by atoms with Crippen LogP contribution in [0.4, 0.5) is 4.39 Å². The van der Waals surface area contributed by atoms with E-state index in [0.717, 1.165) is 6.07 Å². The monoisotopic (exact) mass is 456 g/mol. The summed E-state index contributed by atoms with van der Waals surface area (Å²) in [7, 11) is 0. The van der Waals surface area contributed by atoms with E-state index < -0.39 is 34.9 Å². The second-order valence-electron chi connectivity index (χ2n) is 8.43. The molecule has 0 saturated heterocycles. The molecule has 172 valence electrons. The number of carbonyl (C=O) groups is 2. The zero-order valence-corrected chi connectivity index (χ0v) is 19.3. The highest BCUT2D eigenvalue weighted by molar-refractivity contribution is 6.31. The van der Waals surface area contributed by atoms with E-state index in [1.54, 1.807) is 13.8 Å². The first-order valence-corrected chi connectivity index (χ1v) is 10.7. The lowest BCUT2D eigenvalue weighted by Gasteiger charge is -2.42. The number of ether oxygens (including phenoxy) is 2. The minimum absolute atomic E-state index is 0.0817. The third-order valence-electron chi connectivity index (χ3n) is 5.74. The number of halogens is 2. The molecule has 8 heteroatoms. The molecule has 0 fully saturated rings. The number of hydrogen-bond acceptors (Lipinski definition) is 4. The Labute approximate surface area is 187 Å². The second kappa shape index (κ2) is 9.67. The van der Waals surface area contributed by atoms with Crippen molar-refractivity contribution >= 4 is 23.5 Å². The lowest BCUT2D eigenvalue weighted by molar-refractivity contribution is -0.153. The Bertz CT molecular complexity index is 877. The summed E-state index contributed by atoms with van der Waals surface area (Å²) < 4.78 is 26.4. The van der Waals surface area contributed by atoms with Crippen molar-refractivity contribution in [3.8, 4) is 0 Å². The molecule has 1 aromatic rings. The molecule has 2 rings (SSSR count). The lowest BCUT2D eigenvalue weighted by atomic mass is 9.60. The first-order chi connectivity index (χ1) is 14.4. The maximum absolute atomic E-state index is 15.2. The number of hydrogen-bond donors (Lipinski definition) is 2. The van der Waals surface area contributed by atoms with Crippen molar-refractivity contribution < 1.29 is 33.7 Å². The molecule has 31 heavy (non-hydrogen) atoms. The fourth-order valence-electron chi connectivity index (χ4n) is 4.23. The van der Waals surface area contributed by atoms with Crippen LogP contribution in [0, 0.1) is 11.2 Å². The highest BCUT2D eigenvalue weighted by atomic mass is 35.5. The van der Waals surface area contributed by atoms with Gasteiger partial charge in [0.15, 0.2) is 6.29 Å². The molecular weight excluding hydrogens is 427 g/mol. The van der Waals surface area contributed by atoms with Gasteiger partial charge in [0, 0.05) is 23.8 Å². The third-order valence-corrected chi connectivity index (χ3v) is 6.07. The van der Waals surface area contributed by atoms with Gasteiger partial charge in [-0.2, -0.15) is 0 Å². The molecule has 0 bridgehead atoms. The molecule has 0 radical (unpaired) electrons. The van der Waals surface area contributed by atoms with Crippen LogP contribution in [0.25, 0.3) is 0 Å². The zero-order valence-electron chi connectivity index (χ0n) is 18.5. The van der Waals surface area contributed by atoms with Gasteiger partial charge in [-0.3, -0.25) is 9.59 Å². The Morgan fingerprint density at radius 3 is 2.19 bits per heavy atom. The van der Waals surface area contributed by atoms with Crippen LogP contribution in [0.1, 0.15) is 64.5 Å². The highest BCUT2D eigenvalue weighted by Crippen LogP contribution is 2.50. The van der Waals surface area contributed by atoms with Crippen molar-refractivity contribution in [3.63, 3.8) is 0 Å². The molecule has 1 aromatic carbocycles. The fourth-order valence-corrected chi connectivity index (χ4v) is 4.60. The van der Waals surface area contributed by atoms with Gasteiger partial charge < -0.3 is 19.7 Å². The van der Waals surface area contributed by atoms with E-state index in [0.29, 0.717) is 11.1 Å². The van der Waals surface area contributed by atoms with Gasteiger partial charge in [0.05, 0.1) is 5.41 Å². The van der Waals surface area contributed by atoms with Gasteiger partial charge in [-0.1, -0.05) is 31.5 Å². The largest absolute Gasteiger partial charge is 0.481 e. The Morgan fingerprint density at radius 1 is 1.16 bits per heavy atom. The van der Waals surface area contributed by atoms with Crippen molar-refractivity contribution in [3.05, 3.63) is 45.7 Å². The third kappa shape index (κ3) is 4.94. The SMILES string of the molecule is CCOC(OCC)C1=CC(C)(C(=O)O)CC(C(=O)O)(c2cc(C(C)C)c(Cl)cc2F)C1. The van der Waals surface area contributed by atoms with Crippen LogP contribution in [-0.2, 0) is 24.5 Å². The molecule has 1 aliphatic rings. The first-order valence-electron chi connectivity index (χ1n) is 10.3.